The molecule has 198 valence electrons. The fraction of sp³-hybridized carbons (Fsp3) is 0.438. The van der Waals surface area contributed by atoms with Gasteiger partial charge in [0.1, 0.15) is 5.75 Å². The van der Waals surface area contributed by atoms with E-state index in [2.05, 4.69) is 51.6 Å². The lowest BCUT2D eigenvalue weighted by molar-refractivity contribution is 0.0910. The number of benzene rings is 2. The molecule has 0 radical (unpaired) electrons. The molecule has 0 saturated heterocycles. The molecule has 1 unspecified atom stereocenters. The van der Waals surface area contributed by atoms with Crippen LogP contribution >= 0.6 is 12.6 Å². The summed E-state index contributed by atoms with van der Waals surface area (Å²) >= 11 is 4.44. The van der Waals surface area contributed by atoms with Crippen molar-refractivity contribution in [3.63, 3.8) is 0 Å². The van der Waals surface area contributed by atoms with Crippen LogP contribution in [0.3, 0.4) is 0 Å². The quantitative estimate of drug-likeness (QED) is 0.124. The number of carbonyl (C=O) groups excluding carboxylic acids is 1. The van der Waals surface area contributed by atoms with Crippen molar-refractivity contribution in [3.8, 4) is 16.9 Å². The summed E-state index contributed by atoms with van der Waals surface area (Å²) < 4.78 is 7.81. The molecule has 3 rings (SSSR count). The molecular weight excluding hydrogens is 478 g/mol. The molecule has 0 spiro atoms. The lowest BCUT2D eigenvalue weighted by atomic mass is 9.95. The number of hydrogen-bond donors (Lipinski definition) is 1. The monoisotopic (exact) mass is 519 g/mol. The Bertz CT molecular complexity index is 1220. The van der Waals surface area contributed by atoms with E-state index in [0.717, 1.165) is 56.1 Å². The third-order valence-electron chi connectivity index (χ3n) is 6.75. The van der Waals surface area contributed by atoms with Crippen LogP contribution in [0.25, 0.3) is 11.1 Å². The molecule has 0 amide bonds. The molecule has 2 aromatic carbocycles. The van der Waals surface area contributed by atoms with Gasteiger partial charge in [0.15, 0.2) is 5.78 Å². The minimum atomic E-state index is -0.594. The van der Waals surface area contributed by atoms with Gasteiger partial charge in [-0.2, -0.15) is 0 Å². The molecule has 0 aliphatic carbocycles. The van der Waals surface area contributed by atoms with Gasteiger partial charge in [0.25, 0.3) is 5.56 Å². The van der Waals surface area contributed by atoms with Gasteiger partial charge in [-0.25, -0.2) is 0 Å². The Hall–Kier alpha value is -2.79. The molecular formula is C32H41NO3S. The van der Waals surface area contributed by atoms with Crippen LogP contribution in [0.1, 0.15) is 93.6 Å². The zero-order valence-corrected chi connectivity index (χ0v) is 23.4. The predicted molar refractivity (Wildman–Crippen MR) is 156 cm³/mol. The van der Waals surface area contributed by atoms with E-state index in [-0.39, 0.29) is 11.3 Å². The van der Waals surface area contributed by atoms with Crippen LogP contribution in [0.15, 0.2) is 70.5 Å². The molecule has 5 heteroatoms. The van der Waals surface area contributed by atoms with Crippen LogP contribution in [-0.4, -0.2) is 17.0 Å². The Labute approximate surface area is 227 Å². The number of Topliss-reactive ketones (excluding diaryl/α,β-unsaturated/α-hetero) is 1. The molecule has 0 aliphatic rings. The third-order valence-corrected chi connectivity index (χ3v) is 7.01. The smallest absolute Gasteiger partial charge is 0.251 e. The number of hydrogen-bond acceptors (Lipinski definition) is 4. The molecule has 1 atom stereocenters. The van der Waals surface area contributed by atoms with Gasteiger partial charge in [0, 0.05) is 17.2 Å². The Kier molecular flexibility index (Phi) is 11.5. The van der Waals surface area contributed by atoms with Crippen LogP contribution in [0.4, 0.5) is 0 Å². The summed E-state index contributed by atoms with van der Waals surface area (Å²) in [5.41, 5.74) is 3.62. The van der Waals surface area contributed by atoms with Crippen LogP contribution < -0.4 is 10.3 Å². The maximum absolute atomic E-state index is 14.1. The fourth-order valence-corrected chi connectivity index (χ4v) is 4.84. The van der Waals surface area contributed by atoms with E-state index >= 15 is 0 Å². The summed E-state index contributed by atoms with van der Waals surface area (Å²) in [6.07, 6.45) is 10.8. The average Bonchev–Trinajstić information content (AvgIpc) is 2.90. The van der Waals surface area contributed by atoms with Crippen molar-refractivity contribution >= 4 is 18.4 Å². The first-order valence-corrected chi connectivity index (χ1v) is 14.2. The third kappa shape index (κ3) is 8.36. The second-order valence-electron chi connectivity index (χ2n) is 9.85. The van der Waals surface area contributed by atoms with E-state index < -0.39 is 6.04 Å². The van der Waals surface area contributed by atoms with Gasteiger partial charge in [-0.15, -0.1) is 12.6 Å². The molecule has 37 heavy (non-hydrogen) atoms. The summed E-state index contributed by atoms with van der Waals surface area (Å²) in [5, 5.41) is 0. The Morgan fingerprint density at radius 1 is 0.892 bits per heavy atom. The number of aromatic nitrogens is 1. The number of pyridine rings is 1. The number of carbonyl (C=O) groups is 1. The minimum Gasteiger partial charge on any atom is -0.493 e. The van der Waals surface area contributed by atoms with Crippen molar-refractivity contribution in [2.75, 3.05) is 6.61 Å². The maximum atomic E-state index is 14.1. The highest BCUT2D eigenvalue weighted by atomic mass is 32.1. The summed E-state index contributed by atoms with van der Waals surface area (Å²) in [7, 11) is 0. The maximum Gasteiger partial charge on any atom is 0.251 e. The second kappa shape index (κ2) is 14.8. The van der Waals surface area contributed by atoms with Gasteiger partial charge in [-0.3, -0.25) is 9.59 Å². The lowest BCUT2D eigenvalue weighted by Crippen LogP contribution is -2.29. The lowest BCUT2D eigenvalue weighted by Gasteiger charge is -2.21. The zero-order valence-electron chi connectivity index (χ0n) is 22.5. The van der Waals surface area contributed by atoms with E-state index in [1.54, 1.807) is 16.8 Å². The van der Waals surface area contributed by atoms with Crippen molar-refractivity contribution in [3.05, 3.63) is 82.3 Å². The number of thiol groups is 1. The van der Waals surface area contributed by atoms with Crippen LogP contribution in [-0.2, 0) is 0 Å². The SMILES string of the molecule is CCCCCCOc1cc(-c2cccc(C)c2)ccc1C(=O)C(CCCCCC)n1cc(S)ccc1=O. The Morgan fingerprint density at radius 2 is 1.62 bits per heavy atom. The highest BCUT2D eigenvalue weighted by molar-refractivity contribution is 7.80. The number of ketones is 1. The van der Waals surface area contributed by atoms with Crippen LogP contribution in [0, 0.1) is 6.92 Å². The number of aryl methyl sites for hydroxylation is 1. The van der Waals surface area contributed by atoms with Gasteiger partial charge in [-0.1, -0.05) is 94.7 Å². The molecule has 0 N–H and O–H groups in total. The predicted octanol–water partition coefficient (Wildman–Crippen LogP) is 8.47. The molecule has 0 fully saturated rings. The first-order chi connectivity index (χ1) is 17.9. The number of nitrogens with zero attached hydrogens (tertiary/aromatic N) is 1. The van der Waals surface area contributed by atoms with Crippen molar-refractivity contribution in [2.24, 2.45) is 0 Å². The van der Waals surface area contributed by atoms with Gasteiger partial charge in [0.05, 0.1) is 18.2 Å². The summed E-state index contributed by atoms with van der Waals surface area (Å²) in [4.78, 5) is 27.5. The van der Waals surface area contributed by atoms with E-state index in [9.17, 15) is 9.59 Å². The summed E-state index contributed by atoms with van der Waals surface area (Å²) in [5.74, 6) is 0.506. The molecule has 3 aromatic rings. The molecule has 4 nitrogen and oxygen atoms in total. The van der Waals surface area contributed by atoms with Gasteiger partial charge >= 0.3 is 0 Å². The Balaban J connectivity index is 1.98. The highest BCUT2D eigenvalue weighted by Crippen LogP contribution is 2.32. The Morgan fingerprint density at radius 3 is 2.35 bits per heavy atom. The molecule has 1 heterocycles. The van der Waals surface area contributed by atoms with Crippen molar-refractivity contribution in [1.29, 1.82) is 0 Å². The van der Waals surface area contributed by atoms with Crippen molar-refractivity contribution in [2.45, 2.75) is 89.5 Å². The first-order valence-electron chi connectivity index (χ1n) is 13.7. The number of ether oxygens (including phenoxy) is 1. The summed E-state index contributed by atoms with van der Waals surface area (Å²) in [6, 6.07) is 16.7. The first kappa shape index (κ1) is 28.8. The zero-order chi connectivity index (χ0) is 26.6. The normalized spacial score (nSPS) is 11.9. The topological polar surface area (TPSA) is 48.3 Å². The largest absolute Gasteiger partial charge is 0.493 e. The van der Waals surface area contributed by atoms with E-state index in [1.165, 1.54) is 18.1 Å². The van der Waals surface area contributed by atoms with Crippen LogP contribution in [0.2, 0.25) is 0 Å². The number of rotatable bonds is 15. The fourth-order valence-electron chi connectivity index (χ4n) is 4.64. The molecule has 0 aliphatic heterocycles. The molecule has 0 bridgehead atoms. The summed E-state index contributed by atoms with van der Waals surface area (Å²) in [6.45, 7) is 6.98. The van der Waals surface area contributed by atoms with E-state index in [0.29, 0.717) is 29.2 Å². The second-order valence-corrected chi connectivity index (χ2v) is 10.4. The molecule has 0 saturated carbocycles. The van der Waals surface area contributed by atoms with Crippen molar-refractivity contribution in [1.82, 2.24) is 4.57 Å². The van der Waals surface area contributed by atoms with Crippen molar-refractivity contribution < 1.29 is 9.53 Å². The average molecular weight is 520 g/mol. The molecule has 1 aromatic heterocycles. The van der Waals surface area contributed by atoms with E-state index in [4.69, 9.17) is 4.74 Å². The minimum absolute atomic E-state index is 0.0862. The van der Waals surface area contributed by atoms with E-state index in [1.807, 2.05) is 24.3 Å². The van der Waals surface area contributed by atoms with Crippen LogP contribution in [0.5, 0.6) is 5.75 Å². The highest BCUT2D eigenvalue weighted by Gasteiger charge is 2.26. The van der Waals surface area contributed by atoms with Gasteiger partial charge in [0.2, 0.25) is 0 Å². The van der Waals surface area contributed by atoms with Gasteiger partial charge < -0.3 is 9.30 Å². The standard InChI is InChI=1S/C32H41NO3S/c1-4-6-8-10-15-29(33-23-27(37)17-19-31(33)34)32(35)28-18-16-26(25-14-12-13-24(3)21-25)22-30(28)36-20-11-9-7-5-2/h12-14,16-19,21-23,29,37H,4-11,15,20H2,1-3H3. The number of unbranched alkanes of at least 4 members (excludes halogenated alkanes) is 6. The van der Waals surface area contributed by atoms with Gasteiger partial charge in [-0.05, 0) is 49.1 Å².